The molecule has 2 unspecified atom stereocenters. The highest BCUT2D eigenvalue weighted by atomic mass is 16.5. The molecule has 1 aromatic rings. The quantitative estimate of drug-likeness (QED) is 0.873. The maximum atomic E-state index is 10.9. The number of benzene rings is 1. The van der Waals surface area contributed by atoms with Crippen LogP contribution in [0.1, 0.15) is 45.1 Å². The molecule has 2 rings (SSSR count). The lowest BCUT2D eigenvalue weighted by atomic mass is 9.84. The van der Waals surface area contributed by atoms with Crippen molar-refractivity contribution in [1.29, 1.82) is 0 Å². The minimum absolute atomic E-state index is 0.135. The van der Waals surface area contributed by atoms with Crippen LogP contribution in [0.2, 0.25) is 0 Å². The first-order chi connectivity index (χ1) is 10.1. The van der Waals surface area contributed by atoms with Crippen LogP contribution in [-0.2, 0) is 6.42 Å². The molecule has 0 bridgehead atoms. The average Bonchev–Trinajstić information content (AvgIpc) is 2.55. The Bertz CT molecular complexity index is 443. The minimum Gasteiger partial charge on any atom is -0.497 e. The molecular formula is C18H29NO2. The first-order valence-corrected chi connectivity index (χ1v) is 8.16. The van der Waals surface area contributed by atoms with Gasteiger partial charge in [-0.05, 0) is 57.0 Å². The molecule has 118 valence electrons. The van der Waals surface area contributed by atoms with Crippen molar-refractivity contribution in [2.75, 3.05) is 20.2 Å². The Balaban J connectivity index is 2.09. The zero-order chi connectivity index (χ0) is 15.3. The summed E-state index contributed by atoms with van der Waals surface area (Å²) in [6.45, 7) is 6.62. The van der Waals surface area contributed by atoms with E-state index in [-0.39, 0.29) is 11.6 Å². The van der Waals surface area contributed by atoms with E-state index in [2.05, 4.69) is 24.8 Å². The molecule has 1 saturated heterocycles. The lowest BCUT2D eigenvalue weighted by Gasteiger charge is -2.46. The van der Waals surface area contributed by atoms with Gasteiger partial charge in [0.05, 0.1) is 13.2 Å². The van der Waals surface area contributed by atoms with Crippen molar-refractivity contribution in [2.24, 2.45) is 0 Å². The molecule has 1 aliphatic rings. The predicted octanol–water partition coefficient (Wildman–Crippen LogP) is 3.25. The molecule has 3 nitrogen and oxygen atoms in total. The predicted molar refractivity (Wildman–Crippen MR) is 86.8 cm³/mol. The summed E-state index contributed by atoms with van der Waals surface area (Å²) in [5, 5.41) is 10.9. The van der Waals surface area contributed by atoms with Crippen LogP contribution >= 0.6 is 0 Å². The van der Waals surface area contributed by atoms with Crippen LogP contribution in [0.5, 0.6) is 5.75 Å². The molecule has 1 aliphatic heterocycles. The third-order valence-electron chi connectivity index (χ3n) is 5.08. The Kier molecular flexibility index (Phi) is 5.65. The topological polar surface area (TPSA) is 32.7 Å². The van der Waals surface area contributed by atoms with Crippen LogP contribution in [0, 0.1) is 0 Å². The van der Waals surface area contributed by atoms with E-state index in [1.54, 1.807) is 7.11 Å². The van der Waals surface area contributed by atoms with Crippen molar-refractivity contribution in [3.63, 3.8) is 0 Å². The first-order valence-electron chi connectivity index (χ1n) is 8.16. The van der Waals surface area contributed by atoms with E-state index < -0.39 is 0 Å². The van der Waals surface area contributed by atoms with Gasteiger partial charge in [-0.1, -0.05) is 25.5 Å². The summed E-state index contributed by atoms with van der Waals surface area (Å²) in [7, 11) is 1.68. The number of aliphatic hydroxyl groups excluding tert-OH is 1. The number of piperidine rings is 1. The monoisotopic (exact) mass is 291 g/mol. The smallest absolute Gasteiger partial charge is 0.119 e. The third-order valence-corrected chi connectivity index (χ3v) is 5.08. The Morgan fingerprint density at radius 1 is 1.29 bits per heavy atom. The van der Waals surface area contributed by atoms with E-state index in [1.165, 1.54) is 19.3 Å². The van der Waals surface area contributed by atoms with Crippen LogP contribution in [0.15, 0.2) is 24.3 Å². The molecule has 0 aliphatic carbocycles. The standard InChI is InChI=1S/C18H29NO2/c1-4-18(2,19-11-6-5-7-12-19)17(20)14-15-9-8-10-16(13-15)21-3/h8-10,13,17,20H,4-7,11-12,14H2,1-3H3. The minimum atomic E-state index is -0.354. The molecule has 21 heavy (non-hydrogen) atoms. The summed E-state index contributed by atoms with van der Waals surface area (Å²) in [6, 6.07) is 8.03. The van der Waals surface area contributed by atoms with Crippen molar-refractivity contribution in [2.45, 2.75) is 57.6 Å². The molecule has 1 fully saturated rings. The number of aliphatic hydroxyl groups is 1. The Hall–Kier alpha value is -1.06. The lowest BCUT2D eigenvalue weighted by Crippen LogP contribution is -2.56. The van der Waals surface area contributed by atoms with Gasteiger partial charge in [0.1, 0.15) is 5.75 Å². The third kappa shape index (κ3) is 3.78. The molecule has 1 aromatic carbocycles. The van der Waals surface area contributed by atoms with Gasteiger partial charge in [-0.3, -0.25) is 4.90 Å². The summed E-state index contributed by atoms with van der Waals surface area (Å²) < 4.78 is 5.27. The second-order valence-electron chi connectivity index (χ2n) is 6.33. The molecule has 1 heterocycles. The summed E-state index contributed by atoms with van der Waals surface area (Å²) in [6.07, 6.45) is 5.12. The van der Waals surface area contributed by atoms with Crippen molar-refractivity contribution in [3.8, 4) is 5.75 Å². The molecular weight excluding hydrogens is 262 g/mol. The fraction of sp³-hybridized carbons (Fsp3) is 0.667. The Labute approximate surface area is 128 Å². The fourth-order valence-electron chi connectivity index (χ4n) is 3.32. The first kappa shape index (κ1) is 16.3. The number of methoxy groups -OCH3 is 1. The summed E-state index contributed by atoms with van der Waals surface area (Å²) >= 11 is 0. The van der Waals surface area contributed by atoms with Gasteiger partial charge >= 0.3 is 0 Å². The van der Waals surface area contributed by atoms with Gasteiger partial charge in [-0.15, -0.1) is 0 Å². The van der Waals surface area contributed by atoms with Crippen LogP contribution in [0.4, 0.5) is 0 Å². The molecule has 3 heteroatoms. The van der Waals surface area contributed by atoms with Crippen molar-refractivity contribution in [1.82, 2.24) is 4.90 Å². The molecule has 1 N–H and O–H groups in total. The normalized spacial score (nSPS) is 20.8. The van der Waals surface area contributed by atoms with Crippen molar-refractivity contribution < 1.29 is 9.84 Å². The SMILES string of the molecule is CCC(C)(C(O)Cc1cccc(OC)c1)N1CCCCC1. The van der Waals surface area contributed by atoms with E-state index in [0.29, 0.717) is 6.42 Å². The summed E-state index contributed by atoms with van der Waals surface area (Å²) in [5.74, 6) is 0.857. The Morgan fingerprint density at radius 3 is 2.62 bits per heavy atom. The van der Waals surface area contributed by atoms with Gasteiger partial charge < -0.3 is 9.84 Å². The van der Waals surface area contributed by atoms with Crippen LogP contribution < -0.4 is 4.74 Å². The van der Waals surface area contributed by atoms with Crippen molar-refractivity contribution >= 4 is 0 Å². The van der Waals surface area contributed by atoms with Gasteiger partial charge in [-0.2, -0.15) is 0 Å². The molecule has 0 spiro atoms. The highest BCUT2D eigenvalue weighted by molar-refractivity contribution is 5.29. The highest BCUT2D eigenvalue weighted by Crippen LogP contribution is 2.29. The van der Waals surface area contributed by atoms with Gasteiger partial charge in [-0.25, -0.2) is 0 Å². The van der Waals surface area contributed by atoms with E-state index >= 15 is 0 Å². The lowest BCUT2D eigenvalue weighted by molar-refractivity contribution is -0.0328. The van der Waals surface area contributed by atoms with Gasteiger partial charge in [0.15, 0.2) is 0 Å². The number of likely N-dealkylation sites (tertiary alicyclic amines) is 1. The van der Waals surface area contributed by atoms with E-state index in [0.717, 1.165) is 30.8 Å². The molecule has 0 aromatic heterocycles. The average molecular weight is 291 g/mol. The molecule has 2 atom stereocenters. The zero-order valence-electron chi connectivity index (χ0n) is 13.6. The fourth-order valence-corrected chi connectivity index (χ4v) is 3.32. The second kappa shape index (κ2) is 7.28. The van der Waals surface area contributed by atoms with Crippen LogP contribution in [-0.4, -0.2) is 41.8 Å². The van der Waals surface area contributed by atoms with Crippen LogP contribution in [0.25, 0.3) is 0 Å². The summed E-state index contributed by atoms with van der Waals surface area (Å²) in [4.78, 5) is 2.49. The maximum Gasteiger partial charge on any atom is 0.119 e. The molecule has 0 radical (unpaired) electrons. The second-order valence-corrected chi connectivity index (χ2v) is 6.33. The maximum absolute atomic E-state index is 10.9. The zero-order valence-corrected chi connectivity index (χ0v) is 13.6. The van der Waals surface area contributed by atoms with Gasteiger partial charge in [0.2, 0.25) is 0 Å². The van der Waals surface area contributed by atoms with E-state index in [9.17, 15) is 5.11 Å². The number of rotatable bonds is 6. The van der Waals surface area contributed by atoms with E-state index in [4.69, 9.17) is 4.74 Å². The van der Waals surface area contributed by atoms with Gasteiger partial charge in [0, 0.05) is 12.0 Å². The Morgan fingerprint density at radius 2 is 2.00 bits per heavy atom. The molecule has 0 saturated carbocycles. The number of nitrogens with zero attached hydrogens (tertiary/aromatic N) is 1. The summed E-state index contributed by atoms with van der Waals surface area (Å²) in [5.41, 5.74) is 1.00. The number of hydrogen-bond donors (Lipinski definition) is 1. The largest absolute Gasteiger partial charge is 0.497 e. The van der Waals surface area contributed by atoms with E-state index in [1.807, 2.05) is 18.2 Å². The highest BCUT2D eigenvalue weighted by Gasteiger charge is 2.37. The van der Waals surface area contributed by atoms with Gasteiger partial charge in [0.25, 0.3) is 0 Å². The van der Waals surface area contributed by atoms with Crippen molar-refractivity contribution in [3.05, 3.63) is 29.8 Å². The van der Waals surface area contributed by atoms with Crippen LogP contribution in [0.3, 0.4) is 0 Å². The molecule has 0 amide bonds. The number of ether oxygens (including phenoxy) is 1. The number of hydrogen-bond acceptors (Lipinski definition) is 3.